The van der Waals surface area contributed by atoms with Crippen molar-refractivity contribution in [3.8, 4) is 0 Å². The van der Waals surface area contributed by atoms with E-state index in [1.165, 1.54) is 13.2 Å². The van der Waals surface area contributed by atoms with Crippen molar-refractivity contribution in [2.75, 3.05) is 37.8 Å². The first-order valence-electron chi connectivity index (χ1n) is 7.22. The van der Waals surface area contributed by atoms with E-state index >= 15 is 0 Å². The van der Waals surface area contributed by atoms with Gasteiger partial charge < -0.3 is 15.8 Å². The predicted octanol–water partition coefficient (Wildman–Crippen LogP) is 2.09. The molecular weight excluding hydrogens is 273 g/mol. The molecular formula is C15H22FN3O2. The number of ether oxygens (including phenoxy) is 1. The van der Waals surface area contributed by atoms with Gasteiger partial charge in [0.1, 0.15) is 5.82 Å². The van der Waals surface area contributed by atoms with Crippen molar-refractivity contribution in [3.05, 3.63) is 23.5 Å². The Kier molecular flexibility index (Phi) is 5.01. The van der Waals surface area contributed by atoms with Crippen LogP contribution >= 0.6 is 0 Å². The smallest absolute Gasteiger partial charge is 0.340 e. The van der Waals surface area contributed by atoms with Crippen LogP contribution in [0.3, 0.4) is 0 Å². The maximum Gasteiger partial charge on any atom is 0.340 e. The van der Waals surface area contributed by atoms with E-state index in [4.69, 9.17) is 5.73 Å². The lowest BCUT2D eigenvalue weighted by Crippen LogP contribution is -2.34. The zero-order valence-corrected chi connectivity index (χ0v) is 12.5. The van der Waals surface area contributed by atoms with Crippen molar-refractivity contribution >= 4 is 17.3 Å². The zero-order valence-electron chi connectivity index (χ0n) is 12.5. The Labute approximate surface area is 124 Å². The SMILES string of the molecule is CCN1CCCC1CNc1cc(C(=O)OC)c(N)cc1F. The number of nitrogen functional groups attached to an aromatic ring is 1. The van der Waals surface area contributed by atoms with E-state index in [-0.39, 0.29) is 16.9 Å². The Morgan fingerprint density at radius 2 is 2.33 bits per heavy atom. The molecule has 0 aliphatic carbocycles. The highest BCUT2D eigenvalue weighted by Crippen LogP contribution is 2.24. The Balaban J connectivity index is 2.10. The van der Waals surface area contributed by atoms with Gasteiger partial charge in [-0.15, -0.1) is 0 Å². The van der Waals surface area contributed by atoms with Crippen LogP contribution < -0.4 is 11.1 Å². The van der Waals surface area contributed by atoms with Crippen LogP contribution in [-0.4, -0.2) is 43.7 Å². The molecule has 116 valence electrons. The molecule has 2 rings (SSSR count). The molecule has 5 nitrogen and oxygen atoms in total. The Morgan fingerprint density at radius 3 is 3.00 bits per heavy atom. The second kappa shape index (κ2) is 6.76. The molecule has 1 aromatic rings. The monoisotopic (exact) mass is 295 g/mol. The summed E-state index contributed by atoms with van der Waals surface area (Å²) >= 11 is 0. The Bertz CT molecular complexity index is 522. The summed E-state index contributed by atoms with van der Waals surface area (Å²) in [5.41, 5.74) is 6.20. The fraction of sp³-hybridized carbons (Fsp3) is 0.533. The maximum absolute atomic E-state index is 13.9. The van der Waals surface area contributed by atoms with Crippen LogP contribution in [0.4, 0.5) is 15.8 Å². The molecule has 1 heterocycles. The summed E-state index contributed by atoms with van der Waals surface area (Å²) in [5, 5.41) is 3.09. The molecule has 1 saturated heterocycles. The molecule has 1 unspecified atom stereocenters. The highest BCUT2D eigenvalue weighted by molar-refractivity contribution is 5.96. The molecule has 1 aliphatic rings. The number of anilines is 2. The standard InChI is InChI=1S/C15H22FN3O2/c1-3-19-6-4-5-10(19)9-18-14-7-11(15(20)21-2)13(17)8-12(14)16/h7-8,10,18H,3-6,9,17H2,1-2H3. The number of nitrogens with one attached hydrogen (secondary N) is 1. The van der Waals surface area contributed by atoms with E-state index < -0.39 is 11.8 Å². The summed E-state index contributed by atoms with van der Waals surface area (Å²) in [6.07, 6.45) is 2.26. The van der Waals surface area contributed by atoms with Gasteiger partial charge in [0.15, 0.2) is 0 Å². The third-order valence-electron chi connectivity index (χ3n) is 3.98. The minimum absolute atomic E-state index is 0.0842. The van der Waals surface area contributed by atoms with E-state index in [2.05, 4.69) is 21.9 Å². The van der Waals surface area contributed by atoms with Crippen molar-refractivity contribution in [3.63, 3.8) is 0 Å². The van der Waals surface area contributed by atoms with Gasteiger partial charge >= 0.3 is 5.97 Å². The third kappa shape index (κ3) is 3.44. The number of hydrogen-bond donors (Lipinski definition) is 2. The molecule has 1 fully saturated rings. The summed E-state index contributed by atoms with van der Waals surface area (Å²) in [7, 11) is 1.27. The number of benzene rings is 1. The van der Waals surface area contributed by atoms with Crippen LogP contribution in [0.2, 0.25) is 0 Å². The van der Waals surface area contributed by atoms with Crippen LogP contribution in [0, 0.1) is 5.82 Å². The van der Waals surface area contributed by atoms with E-state index in [9.17, 15) is 9.18 Å². The number of rotatable bonds is 5. The Morgan fingerprint density at radius 1 is 1.57 bits per heavy atom. The largest absolute Gasteiger partial charge is 0.465 e. The van der Waals surface area contributed by atoms with Crippen molar-refractivity contribution in [2.24, 2.45) is 0 Å². The lowest BCUT2D eigenvalue weighted by molar-refractivity contribution is 0.0602. The number of esters is 1. The quantitative estimate of drug-likeness (QED) is 0.643. The molecule has 0 saturated carbocycles. The van der Waals surface area contributed by atoms with Gasteiger partial charge in [0.25, 0.3) is 0 Å². The van der Waals surface area contributed by atoms with Crippen LogP contribution in [-0.2, 0) is 4.74 Å². The van der Waals surface area contributed by atoms with E-state index in [1.54, 1.807) is 0 Å². The van der Waals surface area contributed by atoms with Gasteiger partial charge in [-0.05, 0) is 38.1 Å². The van der Waals surface area contributed by atoms with Crippen molar-refractivity contribution in [1.29, 1.82) is 0 Å². The second-order valence-electron chi connectivity index (χ2n) is 5.22. The van der Waals surface area contributed by atoms with Crippen LogP contribution in [0.1, 0.15) is 30.1 Å². The van der Waals surface area contributed by atoms with Crippen molar-refractivity contribution < 1.29 is 13.9 Å². The minimum atomic E-state index is -0.563. The molecule has 1 atom stereocenters. The number of carbonyl (C=O) groups is 1. The molecule has 0 radical (unpaired) electrons. The third-order valence-corrected chi connectivity index (χ3v) is 3.98. The fourth-order valence-electron chi connectivity index (χ4n) is 2.78. The number of carbonyl (C=O) groups excluding carboxylic acids is 1. The van der Waals surface area contributed by atoms with Crippen LogP contribution in [0.15, 0.2) is 12.1 Å². The molecule has 0 bridgehead atoms. The fourth-order valence-corrected chi connectivity index (χ4v) is 2.78. The summed E-state index contributed by atoms with van der Waals surface area (Å²) in [5.74, 6) is -1.02. The molecule has 0 aromatic heterocycles. The molecule has 6 heteroatoms. The van der Waals surface area contributed by atoms with Gasteiger partial charge in [-0.1, -0.05) is 6.92 Å². The topological polar surface area (TPSA) is 67.6 Å². The number of nitrogens with zero attached hydrogens (tertiary/aromatic N) is 1. The van der Waals surface area contributed by atoms with Crippen LogP contribution in [0.5, 0.6) is 0 Å². The molecule has 1 aromatic carbocycles. The number of likely N-dealkylation sites (N-methyl/N-ethyl adjacent to an activating group) is 1. The number of likely N-dealkylation sites (tertiary alicyclic amines) is 1. The van der Waals surface area contributed by atoms with Crippen LogP contribution in [0.25, 0.3) is 0 Å². The van der Waals surface area contributed by atoms with Gasteiger partial charge in [0.2, 0.25) is 0 Å². The van der Waals surface area contributed by atoms with Crippen molar-refractivity contribution in [1.82, 2.24) is 4.90 Å². The summed E-state index contributed by atoms with van der Waals surface area (Å²) in [6.45, 7) is 4.84. The minimum Gasteiger partial charge on any atom is -0.465 e. The molecule has 0 spiro atoms. The first-order chi connectivity index (χ1) is 10.1. The first-order valence-corrected chi connectivity index (χ1v) is 7.22. The highest BCUT2D eigenvalue weighted by atomic mass is 19.1. The number of nitrogens with two attached hydrogens (primary N) is 1. The predicted molar refractivity (Wildman–Crippen MR) is 80.9 cm³/mol. The lowest BCUT2D eigenvalue weighted by atomic mass is 10.1. The van der Waals surface area contributed by atoms with E-state index in [1.807, 2.05) is 0 Å². The summed E-state index contributed by atoms with van der Waals surface area (Å²) in [6, 6.07) is 2.97. The Hall–Kier alpha value is -1.82. The summed E-state index contributed by atoms with van der Waals surface area (Å²) in [4.78, 5) is 14.0. The molecule has 1 aliphatic heterocycles. The maximum atomic E-state index is 13.9. The molecule has 21 heavy (non-hydrogen) atoms. The zero-order chi connectivity index (χ0) is 15.4. The average molecular weight is 295 g/mol. The van der Waals surface area contributed by atoms with E-state index in [0.29, 0.717) is 12.6 Å². The number of halogens is 1. The number of hydrogen-bond acceptors (Lipinski definition) is 5. The lowest BCUT2D eigenvalue weighted by Gasteiger charge is -2.23. The van der Waals surface area contributed by atoms with Gasteiger partial charge in [0, 0.05) is 18.3 Å². The molecule has 3 N–H and O–H groups in total. The second-order valence-corrected chi connectivity index (χ2v) is 5.22. The van der Waals surface area contributed by atoms with Gasteiger partial charge in [0.05, 0.1) is 18.4 Å². The van der Waals surface area contributed by atoms with Gasteiger partial charge in [-0.25, -0.2) is 9.18 Å². The first kappa shape index (κ1) is 15.6. The van der Waals surface area contributed by atoms with Gasteiger partial charge in [-0.3, -0.25) is 4.90 Å². The average Bonchev–Trinajstić information content (AvgIpc) is 2.93. The summed E-state index contributed by atoms with van der Waals surface area (Å²) < 4.78 is 18.6. The van der Waals surface area contributed by atoms with Gasteiger partial charge in [-0.2, -0.15) is 0 Å². The molecule has 0 amide bonds. The number of methoxy groups -OCH3 is 1. The van der Waals surface area contributed by atoms with E-state index in [0.717, 1.165) is 32.0 Å². The normalized spacial score (nSPS) is 18.7. The van der Waals surface area contributed by atoms with Crippen molar-refractivity contribution in [2.45, 2.75) is 25.8 Å². The highest BCUT2D eigenvalue weighted by Gasteiger charge is 2.23.